The van der Waals surface area contributed by atoms with Crippen molar-refractivity contribution in [1.29, 1.82) is 0 Å². The Morgan fingerprint density at radius 2 is 1.76 bits per heavy atom. The molecule has 2 heterocycles. The summed E-state index contributed by atoms with van der Waals surface area (Å²) in [6.07, 6.45) is 2.84. The lowest BCUT2D eigenvalue weighted by Gasteiger charge is -2.39. The predicted octanol–water partition coefficient (Wildman–Crippen LogP) is 4.87. The summed E-state index contributed by atoms with van der Waals surface area (Å²) in [5.41, 5.74) is 4.55. The molecule has 0 spiro atoms. The van der Waals surface area contributed by atoms with E-state index in [1.807, 2.05) is 19.1 Å². The third kappa shape index (κ3) is 5.59. The molecule has 2 aromatic carbocycles. The molecular formula is C31H34ClN5O5. The largest absolute Gasteiger partial charge is 0.493 e. The molecule has 5 rings (SSSR count). The number of amides is 1. The summed E-state index contributed by atoms with van der Waals surface area (Å²) in [5.74, 6) is 0.650. The minimum atomic E-state index is -0.517. The molecule has 2 aliphatic rings. The maximum Gasteiger partial charge on any atom is 0.250 e. The van der Waals surface area contributed by atoms with Crippen molar-refractivity contribution in [3.8, 4) is 22.9 Å². The zero-order valence-electron chi connectivity index (χ0n) is 24.5. The van der Waals surface area contributed by atoms with E-state index in [0.29, 0.717) is 63.3 Å². The van der Waals surface area contributed by atoms with Crippen LogP contribution in [-0.4, -0.2) is 48.0 Å². The fourth-order valence-electron chi connectivity index (χ4n) is 5.70. The van der Waals surface area contributed by atoms with E-state index in [1.54, 1.807) is 35.1 Å². The molecule has 0 saturated heterocycles. The summed E-state index contributed by atoms with van der Waals surface area (Å²) in [6.45, 7) is 6.16. The molecular weight excluding hydrogens is 558 g/mol. The highest BCUT2D eigenvalue weighted by Gasteiger charge is 2.42. The van der Waals surface area contributed by atoms with Crippen LogP contribution in [0.1, 0.15) is 50.8 Å². The number of carbonyl (C=O) groups excluding carboxylic acids is 2. The van der Waals surface area contributed by atoms with Crippen LogP contribution in [0.2, 0.25) is 5.02 Å². The van der Waals surface area contributed by atoms with Crippen LogP contribution in [0.5, 0.6) is 17.2 Å². The maximum atomic E-state index is 13.8. The number of carbonyl (C=O) groups is 2. The molecule has 1 aromatic heterocycles. The van der Waals surface area contributed by atoms with Crippen molar-refractivity contribution in [2.45, 2.75) is 46.1 Å². The van der Waals surface area contributed by atoms with Gasteiger partial charge in [0.15, 0.2) is 17.3 Å². The minimum Gasteiger partial charge on any atom is -0.493 e. The third-order valence-corrected chi connectivity index (χ3v) is 7.82. The normalized spacial score (nSPS) is 17.9. The number of benzene rings is 2. The molecule has 42 heavy (non-hydrogen) atoms. The molecule has 11 heteroatoms. The number of halogens is 1. The van der Waals surface area contributed by atoms with Crippen LogP contribution >= 0.6 is 11.6 Å². The van der Waals surface area contributed by atoms with E-state index in [4.69, 9.17) is 25.8 Å². The zero-order valence-corrected chi connectivity index (χ0v) is 25.3. The molecule has 1 atom stereocenters. The second-order valence-corrected chi connectivity index (χ2v) is 11.6. The van der Waals surface area contributed by atoms with Crippen molar-refractivity contribution in [2.24, 2.45) is 5.41 Å². The van der Waals surface area contributed by atoms with Gasteiger partial charge in [-0.25, -0.2) is 4.68 Å². The molecule has 0 bridgehead atoms. The monoisotopic (exact) mass is 591 g/mol. The van der Waals surface area contributed by atoms with E-state index in [0.717, 1.165) is 11.3 Å². The molecule has 0 radical (unpaired) electrons. The number of hydrogen-bond acceptors (Lipinski definition) is 8. The highest BCUT2D eigenvalue weighted by molar-refractivity contribution is 6.30. The van der Waals surface area contributed by atoms with E-state index >= 15 is 0 Å². The summed E-state index contributed by atoms with van der Waals surface area (Å²) in [4.78, 5) is 27.3. The van der Waals surface area contributed by atoms with Gasteiger partial charge in [0.2, 0.25) is 11.7 Å². The van der Waals surface area contributed by atoms with Crippen LogP contribution < -0.4 is 24.8 Å². The molecule has 0 fully saturated rings. The number of ketones is 1. The summed E-state index contributed by atoms with van der Waals surface area (Å²) < 4.78 is 17.9. The lowest BCUT2D eigenvalue weighted by atomic mass is 9.68. The van der Waals surface area contributed by atoms with Gasteiger partial charge in [0.1, 0.15) is 5.69 Å². The van der Waals surface area contributed by atoms with E-state index in [9.17, 15) is 9.59 Å². The Morgan fingerprint density at radius 3 is 2.38 bits per heavy atom. The summed E-state index contributed by atoms with van der Waals surface area (Å²) in [7, 11) is 4.62. The SMILES string of the molecule is COc1cc(-n2cc(CNC(=O)C3=C(C)NC4=C(C(=O)CC(C)(C)C4)C3c3ccc(Cl)cc3)nn2)cc(OC)c1OC. The van der Waals surface area contributed by atoms with Crippen molar-refractivity contribution < 1.29 is 23.8 Å². The highest BCUT2D eigenvalue weighted by Crippen LogP contribution is 2.46. The number of methoxy groups -OCH3 is 3. The van der Waals surface area contributed by atoms with Gasteiger partial charge in [-0.3, -0.25) is 9.59 Å². The topological polar surface area (TPSA) is 117 Å². The molecule has 0 saturated carbocycles. The average Bonchev–Trinajstić information content (AvgIpc) is 3.43. The number of dihydropyridines is 1. The zero-order chi connectivity index (χ0) is 30.2. The third-order valence-electron chi connectivity index (χ3n) is 7.57. The predicted molar refractivity (Wildman–Crippen MR) is 158 cm³/mol. The van der Waals surface area contributed by atoms with Gasteiger partial charge in [0.05, 0.1) is 39.8 Å². The van der Waals surface area contributed by atoms with E-state index in [-0.39, 0.29) is 23.7 Å². The van der Waals surface area contributed by atoms with Crippen molar-refractivity contribution in [2.75, 3.05) is 21.3 Å². The lowest BCUT2D eigenvalue weighted by Crippen LogP contribution is -2.40. The van der Waals surface area contributed by atoms with Crippen LogP contribution in [0.15, 0.2) is 65.1 Å². The Morgan fingerprint density at radius 1 is 1.10 bits per heavy atom. The minimum absolute atomic E-state index is 0.0415. The maximum absolute atomic E-state index is 13.8. The Balaban J connectivity index is 1.41. The molecule has 2 N–H and O–H groups in total. The molecule has 220 valence electrons. The first-order valence-electron chi connectivity index (χ1n) is 13.5. The van der Waals surface area contributed by atoms with Gasteiger partial charge in [-0.1, -0.05) is 42.8 Å². The standard InChI is InChI=1S/C31H34ClN5O5/c1-17-26(27(18-7-9-19(32)10-8-18)28-22(34-17)13-31(2,3)14-23(28)38)30(39)33-15-20-16-37(36-35-20)21-11-24(40-4)29(42-6)25(12-21)41-5/h7-12,16,27,34H,13-15H2,1-6H3,(H,33,39). The first kappa shape index (κ1) is 29.2. The molecule has 1 aliphatic carbocycles. The number of nitrogens with one attached hydrogen (secondary N) is 2. The fourth-order valence-corrected chi connectivity index (χ4v) is 5.82. The molecule has 3 aromatic rings. The number of aromatic nitrogens is 3. The van der Waals surface area contributed by atoms with Crippen LogP contribution in [-0.2, 0) is 16.1 Å². The number of ether oxygens (including phenoxy) is 3. The number of rotatable bonds is 8. The number of nitrogens with zero attached hydrogens (tertiary/aromatic N) is 3. The molecule has 1 amide bonds. The second-order valence-electron chi connectivity index (χ2n) is 11.2. The summed E-state index contributed by atoms with van der Waals surface area (Å²) in [6, 6.07) is 10.8. The van der Waals surface area contributed by atoms with E-state index < -0.39 is 5.92 Å². The van der Waals surface area contributed by atoms with Gasteiger partial charge in [-0.15, -0.1) is 5.10 Å². The Kier molecular flexibility index (Phi) is 8.01. The van der Waals surface area contributed by atoms with Crippen molar-refractivity contribution >= 4 is 23.3 Å². The van der Waals surface area contributed by atoms with Crippen molar-refractivity contribution in [1.82, 2.24) is 25.6 Å². The number of hydrogen-bond donors (Lipinski definition) is 2. The van der Waals surface area contributed by atoms with Crippen molar-refractivity contribution in [3.63, 3.8) is 0 Å². The molecule has 1 aliphatic heterocycles. The van der Waals surface area contributed by atoms with Gasteiger partial charge < -0.3 is 24.8 Å². The Hall–Kier alpha value is -4.31. The average molecular weight is 592 g/mol. The van der Waals surface area contributed by atoms with Crippen LogP contribution in [0, 0.1) is 5.41 Å². The van der Waals surface area contributed by atoms with Crippen molar-refractivity contribution in [3.05, 3.63) is 81.4 Å². The van der Waals surface area contributed by atoms with E-state index in [1.165, 1.54) is 21.3 Å². The number of allylic oxidation sites excluding steroid dienone is 3. The molecule has 1 unspecified atom stereocenters. The summed E-state index contributed by atoms with van der Waals surface area (Å²) in [5, 5.41) is 15.4. The Bertz CT molecular complexity index is 1580. The fraction of sp³-hybridized carbons (Fsp3) is 0.355. The number of Topliss-reactive ketones (excluding diaryl/α,β-unsaturated/α-hetero) is 1. The van der Waals surface area contributed by atoms with Crippen LogP contribution in [0.3, 0.4) is 0 Å². The van der Waals surface area contributed by atoms with Gasteiger partial charge in [-0.2, -0.15) is 0 Å². The van der Waals surface area contributed by atoms with Gasteiger partial charge in [0.25, 0.3) is 0 Å². The first-order chi connectivity index (χ1) is 20.0. The second kappa shape index (κ2) is 11.5. The first-order valence-corrected chi connectivity index (χ1v) is 13.9. The molecule has 10 nitrogen and oxygen atoms in total. The van der Waals surface area contributed by atoms with Gasteiger partial charge >= 0.3 is 0 Å². The van der Waals surface area contributed by atoms with Gasteiger partial charge in [0, 0.05) is 52.0 Å². The van der Waals surface area contributed by atoms with Gasteiger partial charge in [-0.05, 0) is 36.5 Å². The Labute approximate surface area is 249 Å². The lowest BCUT2D eigenvalue weighted by molar-refractivity contribution is -0.118. The quantitative estimate of drug-likeness (QED) is 0.381. The smallest absolute Gasteiger partial charge is 0.250 e. The van der Waals surface area contributed by atoms with E-state index in [2.05, 4.69) is 34.8 Å². The van der Waals surface area contributed by atoms with Crippen LogP contribution in [0.25, 0.3) is 5.69 Å². The van der Waals surface area contributed by atoms with Crippen LogP contribution in [0.4, 0.5) is 0 Å². The highest BCUT2D eigenvalue weighted by atomic mass is 35.5. The summed E-state index contributed by atoms with van der Waals surface area (Å²) >= 11 is 6.18.